The van der Waals surface area contributed by atoms with Crippen LogP contribution in [0.2, 0.25) is 10.0 Å². The summed E-state index contributed by atoms with van der Waals surface area (Å²) < 4.78 is 0. The van der Waals surface area contributed by atoms with Crippen molar-refractivity contribution in [2.24, 2.45) is 11.8 Å². The summed E-state index contributed by atoms with van der Waals surface area (Å²) in [6.07, 6.45) is 0. The number of carbonyl (C=O) groups is 4. The van der Waals surface area contributed by atoms with Gasteiger partial charge in [0.15, 0.2) is 5.78 Å². The molecule has 0 aromatic heterocycles. The molecule has 0 spiro atoms. The molecule has 8 heteroatoms. The molecule has 0 saturated carbocycles. The first kappa shape index (κ1) is 26.6. The van der Waals surface area contributed by atoms with Crippen LogP contribution in [0.15, 0.2) is 97.1 Å². The Balaban J connectivity index is 1.37. The monoisotopic (exact) mass is 594 g/mol. The van der Waals surface area contributed by atoms with Gasteiger partial charge in [-0.3, -0.25) is 19.2 Å². The number of Topliss-reactive ketones (excluding diaryl/α,β-unsaturated/α-hetero) is 1. The van der Waals surface area contributed by atoms with Crippen molar-refractivity contribution in [3.8, 4) is 0 Å². The lowest BCUT2D eigenvalue weighted by Gasteiger charge is -2.45. The Morgan fingerprint density at radius 2 is 1.14 bits per heavy atom. The molecular weight excluding hydrogens is 571 g/mol. The minimum Gasteiger partial charge on any atom is -0.292 e. The molecule has 2 bridgehead atoms. The Bertz CT molecular complexity index is 1690. The summed E-state index contributed by atoms with van der Waals surface area (Å²) in [4.78, 5) is 56.9. The van der Waals surface area contributed by atoms with E-state index in [1.807, 2.05) is 48.5 Å². The van der Waals surface area contributed by atoms with Gasteiger partial charge in [-0.1, -0.05) is 102 Å². The molecule has 42 heavy (non-hydrogen) atoms. The molecule has 4 aromatic rings. The number of hydrogen-bond acceptors (Lipinski definition) is 4. The zero-order valence-electron chi connectivity index (χ0n) is 22.4. The van der Waals surface area contributed by atoms with Gasteiger partial charge in [-0.2, -0.15) is 5.01 Å². The molecule has 1 aliphatic heterocycles. The van der Waals surface area contributed by atoms with Crippen LogP contribution in [-0.4, -0.2) is 39.6 Å². The Hall–Kier alpha value is -4.26. The molecule has 4 aromatic carbocycles. The Morgan fingerprint density at radius 3 is 1.62 bits per heavy atom. The van der Waals surface area contributed by atoms with Gasteiger partial charge in [0.2, 0.25) is 0 Å². The van der Waals surface area contributed by atoms with E-state index in [9.17, 15) is 19.2 Å². The lowest BCUT2D eigenvalue weighted by molar-refractivity contribution is -0.156. The molecule has 3 atom stereocenters. The first-order chi connectivity index (χ1) is 20.3. The fourth-order valence-electron chi connectivity index (χ4n) is 7.03. The minimum absolute atomic E-state index is 0.0992. The highest BCUT2D eigenvalue weighted by atomic mass is 35.5. The van der Waals surface area contributed by atoms with Crippen LogP contribution in [-0.2, 0) is 9.59 Å². The number of halogens is 2. The smallest absolute Gasteiger partial charge is 0.273 e. The van der Waals surface area contributed by atoms with Crippen LogP contribution < -0.4 is 0 Å². The van der Waals surface area contributed by atoms with Gasteiger partial charge in [0, 0.05) is 23.0 Å². The SMILES string of the molecule is C[C@H](C(=O)c1ccccc1)N(C(=O)c1ccc(Cl)c(Cl)c1)N1C(=O)[C@@H]2C3c4ccccc4C(c4ccccc43)[C@H]2C1=O. The zero-order chi connectivity index (χ0) is 29.3. The highest BCUT2D eigenvalue weighted by molar-refractivity contribution is 6.42. The Kier molecular flexibility index (Phi) is 6.30. The molecule has 0 unspecified atom stereocenters. The first-order valence-corrected chi connectivity index (χ1v) is 14.5. The predicted octanol–water partition coefficient (Wildman–Crippen LogP) is 6.51. The van der Waals surface area contributed by atoms with E-state index in [1.165, 1.54) is 25.1 Å². The van der Waals surface area contributed by atoms with Crippen molar-refractivity contribution < 1.29 is 19.2 Å². The van der Waals surface area contributed by atoms with Crippen LogP contribution in [0.25, 0.3) is 0 Å². The summed E-state index contributed by atoms with van der Waals surface area (Å²) in [5, 5.41) is 2.34. The van der Waals surface area contributed by atoms with Crippen LogP contribution in [0.4, 0.5) is 0 Å². The topological polar surface area (TPSA) is 74.8 Å². The highest BCUT2D eigenvalue weighted by Gasteiger charge is 2.63. The molecule has 1 saturated heterocycles. The molecule has 3 aliphatic carbocycles. The van der Waals surface area contributed by atoms with E-state index < -0.39 is 41.4 Å². The summed E-state index contributed by atoms with van der Waals surface area (Å²) in [7, 11) is 0. The fourth-order valence-corrected chi connectivity index (χ4v) is 7.33. The largest absolute Gasteiger partial charge is 0.292 e. The summed E-state index contributed by atoms with van der Waals surface area (Å²) in [6, 6.07) is 27.5. The molecular formula is C34H24Cl2N2O4. The predicted molar refractivity (Wildman–Crippen MR) is 158 cm³/mol. The van der Waals surface area contributed by atoms with E-state index in [1.54, 1.807) is 30.3 Å². The number of benzene rings is 4. The molecule has 8 rings (SSSR count). The second-order valence-electron chi connectivity index (χ2n) is 10.9. The molecule has 3 amide bonds. The summed E-state index contributed by atoms with van der Waals surface area (Å²) in [5.74, 6) is -4.23. The maximum atomic E-state index is 14.5. The van der Waals surface area contributed by atoms with Crippen LogP contribution in [0.3, 0.4) is 0 Å². The molecule has 0 radical (unpaired) electrons. The van der Waals surface area contributed by atoms with Gasteiger partial charge in [0.1, 0.15) is 6.04 Å². The maximum absolute atomic E-state index is 14.5. The molecule has 0 N–H and O–H groups in total. The summed E-state index contributed by atoms with van der Waals surface area (Å²) in [6.45, 7) is 1.53. The molecule has 6 nitrogen and oxygen atoms in total. The third-order valence-corrected chi connectivity index (χ3v) is 9.56. The number of hydrazine groups is 1. The Morgan fingerprint density at radius 1 is 0.667 bits per heavy atom. The van der Waals surface area contributed by atoms with E-state index >= 15 is 0 Å². The van der Waals surface area contributed by atoms with E-state index in [-0.39, 0.29) is 27.4 Å². The van der Waals surface area contributed by atoms with Gasteiger partial charge >= 0.3 is 0 Å². The number of rotatable bonds is 5. The highest BCUT2D eigenvalue weighted by Crippen LogP contribution is 2.61. The van der Waals surface area contributed by atoms with Crippen LogP contribution in [0, 0.1) is 11.8 Å². The number of hydrogen-bond donors (Lipinski definition) is 0. The van der Waals surface area contributed by atoms with Crippen molar-refractivity contribution in [2.75, 3.05) is 0 Å². The lowest BCUT2D eigenvalue weighted by Crippen LogP contribution is -2.56. The number of ketones is 1. The number of carbonyl (C=O) groups excluding carboxylic acids is 4. The zero-order valence-corrected chi connectivity index (χ0v) is 23.9. The number of nitrogens with zero attached hydrogens (tertiary/aromatic N) is 2. The normalized spacial score (nSPS) is 22.3. The van der Waals surface area contributed by atoms with Gasteiger partial charge in [-0.05, 0) is 47.4 Å². The average molecular weight is 595 g/mol. The van der Waals surface area contributed by atoms with E-state index in [0.29, 0.717) is 5.56 Å². The van der Waals surface area contributed by atoms with Crippen LogP contribution in [0.1, 0.15) is 61.7 Å². The van der Waals surface area contributed by atoms with E-state index in [0.717, 1.165) is 32.3 Å². The van der Waals surface area contributed by atoms with Gasteiger partial charge in [0.05, 0.1) is 21.9 Å². The average Bonchev–Trinajstić information content (AvgIpc) is 3.28. The van der Waals surface area contributed by atoms with Gasteiger partial charge < -0.3 is 0 Å². The fraction of sp³-hybridized carbons (Fsp3) is 0.176. The van der Waals surface area contributed by atoms with Gasteiger partial charge in [-0.25, -0.2) is 5.01 Å². The quantitative estimate of drug-likeness (QED) is 0.195. The second-order valence-corrected chi connectivity index (χ2v) is 11.8. The second kappa shape index (κ2) is 9.93. The Labute approximate surface area is 252 Å². The first-order valence-electron chi connectivity index (χ1n) is 13.7. The maximum Gasteiger partial charge on any atom is 0.273 e. The molecule has 4 aliphatic rings. The van der Waals surface area contributed by atoms with Gasteiger partial charge in [-0.15, -0.1) is 0 Å². The van der Waals surface area contributed by atoms with Crippen molar-refractivity contribution in [1.82, 2.24) is 10.0 Å². The van der Waals surface area contributed by atoms with E-state index in [2.05, 4.69) is 0 Å². The van der Waals surface area contributed by atoms with Crippen LogP contribution in [0.5, 0.6) is 0 Å². The number of amides is 3. The third-order valence-electron chi connectivity index (χ3n) is 8.82. The molecule has 1 fully saturated rings. The third kappa shape index (κ3) is 3.79. The van der Waals surface area contributed by atoms with Crippen molar-refractivity contribution in [1.29, 1.82) is 0 Å². The van der Waals surface area contributed by atoms with Crippen molar-refractivity contribution in [3.63, 3.8) is 0 Å². The lowest BCUT2D eigenvalue weighted by atomic mass is 9.55. The summed E-state index contributed by atoms with van der Waals surface area (Å²) in [5.41, 5.74) is 4.51. The minimum atomic E-state index is -1.18. The summed E-state index contributed by atoms with van der Waals surface area (Å²) >= 11 is 12.4. The molecule has 1 heterocycles. The van der Waals surface area contributed by atoms with Crippen LogP contribution >= 0.6 is 23.2 Å². The van der Waals surface area contributed by atoms with Gasteiger partial charge in [0.25, 0.3) is 17.7 Å². The number of imide groups is 1. The van der Waals surface area contributed by atoms with Crippen molar-refractivity contribution >= 4 is 46.7 Å². The van der Waals surface area contributed by atoms with E-state index in [4.69, 9.17) is 23.2 Å². The molecule has 208 valence electrons. The standard InChI is InChI=1S/C34H24Cl2N2O4/c1-18(31(39)19-9-3-2-4-10-19)37(32(40)20-15-16-25(35)26(36)17-20)38-33(41)29-27-21-11-5-6-12-22(21)28(30(29)34(38)42)24-14-8-7-13-23(24)27/h2-18,27-30H,1H3/t18-,27?,28?,29-,30-/m1/s1. The van der Waals surface area contributed by atoms with Crippen molar-refractivity contribution in [2.45, 2.75) is 24.8 Å². The van der Waals surface area contributed by atoms with Crippen molar-refractivity contribution in [3.05, 3.63) is 140 Å².